The number of carbonyl (C=O) groups is 1. The standard InChI is InChI=1S/C11H21NO5S/c1-8(7-9(2)11(13)14)10(18(15,16)17)5-6-12(3)4/h7-8,10H,5-6H2,1-4H3,(H,13,14)(H,15,16,17). The highest BCUT2D eigenvalue weighted by molar-refractivity contribution is 7.86. The molecule has 2 unspecified atom stereocenters. The number of nitrogens with zero attached hydrogens (tertiary/aromatic N) is 1. The van der Waals surface area contributed by atoms with Gasteiger partial charge in [0.25, 0.3) is 10.1 Å². The summed E-state index contributed by atoms with van der Waals surface area (Å²) in [6.45, 7) is 3.47. The SMILES string of the molecule is CC(=CC(C)C(CCN(C)C)S(=O)(=O)O)C(=O)O. The van der Waals surface area contributed by atoms with Crippen molar-refractivity contribution in [3.63, 3.8) is 0 Å². The highest BCUT2D eigenvalue weighted by Gasteiger charge is 2.28. The zero-order chi connectivity index (χ0) is 14.5. The van der Waals surface area contributed by atoms with Gasteiger partial charge in [-0.05, 0) is 39.9 Å². The third kappa shape index (κ3) is 6.13. The van der Waals surface area contributed by atoms with Gasteiger partial charge in [-0.1, -0.05) is 13.0 Å². The molecule has 0 heterocycles. The smallest absolute Gasteiger partial charge is 0.330 e. The summed E-state index contributed by atoms with van der Waals surface area (Å²) in [5, 5.41) is 7.75. The minimum Gasteiger partial charge on any atom is -0.478 e. The molecule has 0 aromatic rings. The van der Waals surface area contributed by atoms with Gasteiger partial charge in [0.1, 0.15) is 0 Å². The molecule has 0 radical (unpaired) electrons. The van der Waals surface area contributed by atoms with E-state index in [-0.39, 0.29) is 12.0 Å². The molecule has 0 saturated carbocycles. The van der Waals surface area contributed by atoms with Crippen molar-refractivity contribution >= 4 is 16.1 Å². The van der Waals surface area contributed by atoms with Gasteiger partial charge in [0.2, 0.25) is 0 Å². The zero-order valence-electron chi connectivity index (χ0n) is 11.1. The molecular weight excluding hydrogens is 258 g/mol. The lowest BCUT2D eigenvalue weighted by atomic mass is 10.0. The van der Waals surface area contributed by atoms with Gasteiger partial charge in [0.05, 0.1) is 5.25 Å². The van der Waals surface area contributed by atoms with E-state index < -0.39 is 27.3 Å². The Morgan fingerprint density at radius 3 is 2.22 bits per heavy atom. The monoisotopic (exact) mass is 279 g/mol. The van der Waals surface area contributed by atoms with Crippen LogP contribution in [0.1, 0.15) is 20.3 Å². The average molecular weight is 279 g/mol. The molecule has 0 aliphatic carbocycles. The normalized spacial score (nSPS) is 16.7. The number of carboxylic acids is 1. The molecule has 0 aromatic heterocycles. The second kappa shape index (κ2) is 6.86. The van der Waals surface area contributed by atoms with E-state index in [1.54, 1.807) is 25.9 Å². The van der Waals surface area contributed by atoms with E-state index in [0.717, 1.165) is 0 Å². The van der Waals surface area contributed by atoms with Gasteiger partial charge in [-0.15, -0.1) is 0 Å². The topological polar surface area (TPSA) is 94.9 Å². The molecule has 7 heteroatoms. The first-order chi connectivity index (χ1) is 8.05. The third-order valence-electron chi connectivity index (χ3n) is 2.68. The van der Waals surface area contributed by atoms with Crippen LogP contribution in [0.15, 0.2) is 11.6 Å². The van der Waals surface area contributed by atoms with Gasteiger partial charge in [-0.25, -0.2) is 4.79 Å². The van der Waals surface area contributed by atoms with Gasteiger partial charge < -0.3 is 10.0 Å². The summed E-state index contributed by atoms with van der Waals surface area (Å²) in [5.74, 6) is -1.65. The van der Waals surface area contributed by atoms with Gasteiger partial charge in [-0.2, -0.15) is 8.42 Å². The van der Waals surface area contributed by atoms with Crippen LogP contribution in [-0.4, -0.2) is 54.8 Å². The lowest BCUT2D eigenvalue weighted by Crippen LogP contribution is -2.31. The average Bonchev–Trinajstić information content (AvgIpc) is 2.14. The molecule has 18 heavy (non-hydrogen) atoms. The van der Waals surface area contributed by atoms with E-state index in [0.29, 0.717) is 6.54 Å². The van der Waals surface area contributed by atoms with Crippen molar-refractivity contribution in [1.29, 1.82) is 0 Å². The summed E-state index contributed by atoms with van der Waals surface area (Å²) in [4.78, 5) is 12.5. The van der Waals surface area contributed by atoms with Gasteiger partial charge in [0, 0.05) is 5.57 Å². The molecule has 0 rings (SSSR count). The van der Waals surface area contributed by atoms with Crippen LogP contribution in [0.5, 0.6) is 0 Å². The number of carboxylic acid groups (broad SMARTS) is 1. The highest BCUT2D eigenvalue weighted by atomic mass is 32.2. The maximum Gasteiger partial charge on any atom is 0.330 e. The summed E-state index contributed by atoms with van der Waals surface area (Å²) in [5.41, 5.74) is 0.0704. The van der Waals surface area contributed by atoms with Crippen LogP contribution in [0.25, 0.3) is 0 Å². The van der Waals surface area contributed by atoms with E-state index >= 15 is 0 Å². The van der Waals surface area contributed by atoms with E-state index in [4.69, 9.17) is 5.11 Å². The fourth-order valence-corrected chi connectivity index (χ4v) is 2.67. The van der Waals surface area contributed by atoms with Crippen molar-refractivity contribution in [3.05, 3.63) is 11.6 Å². The minimum absolute atomic E-state index is 0.0704. The summed E-state index contributed by atoms with van der Waals surface area (Å²) >= 11 is 0. The Bertz CT molecular complexity index is 413. The van der Waals surface area contributed by atoms with Crippen LogP contribution < -0.4 is 0 Å². The van der Waals surface area contributed by atoms with Gasteiger partial charge in [0.15, 0.2) is 0 Å². The molecule has 0 aliphatic rings. The van der Waals surface area contributed by atoms with Crippen molar-refractivity contribution < 1.29 is 22.9 Å². The molecule has 0 bridgehead atoms. The fourth-order valence-electron chi connectivity index (χ4n) is 1.64. The van der Waals surface area contributed by atoms with Crippen LogP contribution in [0.2, 0.25) is 0 Å². The maximum atomic E-state index is 11.3. The second-order valence-corrected chi connectivity index (χ2v) is 6.29. The van der Waals surface area contributed by atoms with Crippen LogP contribution in [-0.2, 0) is 14.9 Å². The molecule has 0 aliphatic heterocycles. The third-order valence-corrected chi connectivity index (χ3v) is 4.11. The molecule has 2 atom stereocenters. The van der Waals surface area contributed by atoms with Crippen molar-refractivity contribution in [1.82, 2.24) is 4.90 Å². The van der Waals surface area contributed by atoms with E-state index in [9.17, 15) is 17.8 Å². The Labute approximate surface area is 108 Å². The number of hydrogen-bond donors (Lipinski definition) is 2. The Hall–Kier alpha value is -0.920. The van der Waals surface area contributed by atoms with Gasteiger partial charge in [-0.3, -0.25) is 4.55 Å². The maximum absolute atomic E-state index is 11.3. The first kappa shape index (κ1) is 17.1. The number of rotatable bonds is 7. The summed E-state index contributed by atoms with van der Waals surface area (Å²) in [6, 6.07) is 0. The van der Waals surface area contributed by atoms with Crippen LogP contribution in [0.4, 0.5) is 0 Å². The first-order valence-electron chi connectivity index (χ1n) is 5.58. The molecule has 106 valence electrons. The highest BCUT2D eigenvalue weighted by Crippen LogP contribution is 2.19. The van der Waals surface area contributed by atoms with Crippen molar-refractivity contribution in [2.45, 2.75) is 25.5 Å². The zero-order valence-corrected chi connectivity index (χ0v) is 11.9. The molecular formula is C11H21NO5S. The van der Waals surface area contributed by atoms with Crippen molar-refractivity contribution in [3.8, 4) is 0 Å². The molecule has 0 saturated heterocycles. The lowest BCUT2D eigenvalue weighted by molar-refractivity contribution is -0.132. The molecule has 0 amide bonds. The number of hydrogen-bond acceptors (Lipinski definition) is 4. The summed E-state index contributed by atoms with van der Waals surface area (Å²) in [7, 11) is -0.604. The Kier molecular flexibility index (Phi) is 6.51. The molecule has 0 fully saturated rings. The predicted octanol–water partition coefficient (Wildman–Crippen LogP) is 0.862. The summed E-state index contributed by atoms with van der Waals surface area (Å²) in [6.07, 6.45) is 1.60. The van der Waals surface area contributed by atoms with E-state index in [1.807, 2.05) is 0 Å². The first-order valence-corrected chi connectivity index (χ1v) is 7.08. The number of aliphatic carboxylic acids is 1. The largest absolute Gasteiger partial charge is 0.478 e. The fraction of sp³-hybridized carbons (Fsp3) is 0.727. The number of allylic oxidation sites excluding steroid dienone is 1. The molecule has 2 N–H and O–H groups in total. The van der Waals surface area contributed by atoms with E-state index in [1.165, 1.54) is 13.0 Å². The Morgan fingerprint density at radius 1 is 1.39 bits per heavy atom. The van der Waals surface area contributed by atoms with Crippen LogP contribution >= 0.6 is 0 Å². The molecule has 6 nitrogen and oxygen atoms in total. The van der Waals surface area contributed by atoms with Crippen molar-refractivity contribution in [2.75, 3.05) is 20.6 Å². The van der Waals surface area contributed by atoms with Crippen LogP contribution in [0.3, 0.4) is 0 Å². The minimum atomic E-state index is -4.20. The Balaban J connectivity index is 4.99. The lowest BCUT2D eigenvalue weighted by Gasteiger charge is -2.20. The quantitative estimate of drug-likeness (QED) is 0.530. The Morgan fingerprint density at radius 2 is 1.89 bits per heavy atom. The second-order valence-electron chi connectivity index (χ2n) is 4.66. The van der Waals surface area contributed by atoms with Crippen LogP contribution in [0, 0.1) is 5.92 Å². The molecule has 0 spiro atoms. The van der Waals surface area contributed by atoms with E-state index in [2.05, 4.69) is 0 Å². The molecule has 0 aromatic carbocycles. The summed E-state index contributed by atoms with van der Waals surface area (Å²) < 4.78 is 31.8. The van der Waals surface area contributed by atoms with Gasteiger partial charge >= 0.3 is 5.97 Å². The predicted molar refractivity (Wildman–Crippen MR) is 69.1 cm³/mol. The van der Waals surface area contributed by atoms with Crippen molar-refractivity contribution in [2.24, 2.45) is 5.92 Å².